The standard InChI is InChI=1S/C10H15N3O2/c1-3-12(4-2)10-8-9(13(14)15)6-5-7-11-10/h5-7H,3-4,8H2,1-2H3. The molecule has 15 heavy (non-hydrogen) atoms. The van der Waals surface area contributed by atoms with E-state index in [9.17, 15) is 10.1 Å². The van der Waals surface area contributed by atoms with Gasteiger partial charge in [-0.1, -0.05) is 0 Å². The molecule has 1 aliphatic rings. The van der Waals surface area contributed by atoms with Gasteiger partial charge in [0.05, 0.1) is 11.3 Å². The molecule has 5 nitrogen and oxygen atoms in total. The molecule has 0 spiro atoms. The highest BCUT2D eigenvalue weighted by Gasteiger charge is 2.18. The van der Waals surface area contributed by atoms with Gasteiger partial charge in [-0.15, -0.1) is 0 Å². The quantitative estimate of drug-likeness (QED) is 0.526. The predicted molar refractivity (Wildman–Crippen MR) is 59.2 cm³/mol. The van der Waals surface area contributed by atoms with E-state index in [1.165, 1.54) is 6.08 Å². The first kappa shape index (κ1) is 11.4. The Bertz CT molecular complexity index is 328. The third-order valence-corrected chi connectivity index (χ3v) is 2.30. The topological polar surface area (TPSA) is 58.7 Å². The highest BCUT2D eigenvalue weighted by atomic mass is 16.6. The van der Waals surface area contributed by atoms with Crippen LogP contribution in [0.4, 0.5) is 0 Å². The Hall–Kier alpha value is -1.65. The second kappa shape index (κ2) is 5.29. The number of nitrogens with zero attached hydrogens (tertiary/aromatic N) is 3. The molecule has 82 valence electrons. The lowest BCUT2D eigenvalue weighted by Gasteiger charge is -2.21. The van der Waals surface area contributed by atoms with Crippen molar-refractivity contribution in [3.8, 4) is 0 Å². The van der Waals surface area contributed by atoms with Crippen LogP contribution in [0.15, 0.2) is 29.0 Å². The molecule has 0 N–H and O–H groups in total. The fraction of sp³-hybridized carbons (Fsp3) is 0.500. The van der Waals surface area contributed by atoms with E-state index in [0.29, 0.717) is 6.42 Å². The van der Waals surface area contributed by atoms with Crippen LogP contribution in [-0.4, -0.2) is 28.7 Å². The molecular weight excluding hydrogens is 194 g/mol. The second-order valence-corrected chi connectivity index (χ2v) is 3.15. The minimum absolute atomic E-state index is 0.189. The third-order valence-electron chi connectivity index (χ3n) is 2.30. The molecule has 0 fully saturated rings. The van der Waals surface area contributed by atoms with Crippen molar-refractivity contribution in [2.45, 2.75) is 20.3 Å². The maximum Gasteiger partial charge on any atom is 0.253 e. The first-order chi connectivity index (χ1) is 7.19. The number of rotatable bonds is 3. The van der Waals surface area contributed by atoms with Crippen molar-refractivity contribution < 1.29 is 4.92 Å². The molecule has 0 aliphatic carbocycles. The number of aliphatic imine (C=N–C) groups is 1. The average molecular weight is 209 g/mol. The molecule has 0 aromatic rings. The van der Waals surface area contributed by atoms with Gasteiger partial charge in [-0.3, -0.25) is 10.1 Å². The molecule has 0 amide bonds. The van der Waals surface area contributed by atoms with Gasteiger partial charge in [0.25, 0.3) is 5.70 Å². The summed E-state index contributed by atoms with van der Waals surface area (Å²) in [6, 6.07) is 0. The first-order valence-electron chi connectivity index (χ1n) is 5.00. The van der Waals surface area contributed by atoms with Crippen molar-refractivity contribution in [3.05, 3.63) is 34.2 Å². The van der Waals surface area contributed by atoms with Crippen LogP contribution in [0.5, 0.6) is 0 Å². The lowest BCUT2D eigenvalue weighted by Crippen LogP contribution is -2.31. The fourth-order valence-corrected chi connectivity index (χ4v) is 1.46. The number of allylic oxidation sites excluding steroid dienone is 2. The summed E-state index contributed by atoms with van der Waals surface area (Å²) in [6.07, 6.45) is 5.00. The zero-order valence-electron chi connectivity index (χ0n) is 9.01. The molecule has 5 heteroatoms. The van der Waals surface area contributed by atoms with Gasteiger partial charge in [0.15, 0.2) is 0 Å². The van der Waals surface area contributed by atoms with E-state index in [1.807, 2.05) is 18.7 Å². The van der Waals surface area contributed by atoms with Crippen LogP contribution >= 0.6 is 0 Å². The van der Waals surface area contributed by atoms with E-state index in [0.717, 1.165) is 18.9 Å². The van der Waals surface area contributed by atoms with Crippen molar-refractivity contribution >= 4 is 5.84 Å². The summed E-state index contributed by atoms with van der Waals surface area (Å²) in [4.78, 5) is 16.6. The molecule has 1 aliphatic heterocycles. The van der Waals surface area contributed by atoms with Gasteiger partial charge in [-0.2, -0.15) is 0 Å². The van der Waals surface area contributed by atoms with Crippen LogP contribution in [-0.2, 0) is 0 Å². The Labute approximate surface area is 88.9 Å². The van der Waals surface area contributed by atoms with Crippen LogP contribution in [0.2, 0.25) is 0 Å². The van der Waals surface area contributed by atoms with Crippen LogP contribution in [0.1, 0.15) is 20.3 Å². The molecule has 0 bridgehead atoms. The lowest BCUT2D eigenvalue weighted by molar-refractivity contribution is -0.426. The summed E-state index contributed by atoms with van der Waals surface area (Å²) < 4.78 is 0. The van der Waals surface area contributed by atoms with Crippen LogP contribution in [0.25, 0.3) is 0 Å². The van der Waals surface area contributed by atoms with E-state index >= 15 is 0 Å². The Morgan fingerprint density at radius 2 is 2.20 bits per heavy atom. The molecule has 0 radical (unpaired) electrons. The smallest absolute Gasteiger partial charge is 0.253 e. The molecular formula is C10H15N3O2. The van der Waals surface area contributed by atoms with Crippen LogP contribution in [0.3, 0.4) is 0 Å². The zero-order valence-corrected chi connectivity index (χ0v) is 9.01. The maximum atomic E-state index is 10.7. The van der Waals surface area contributed by atoms with Crippen LogP contribution < -0.4 is 0 Å². The van der Waals surface area contributed by atoms with E-state index in [1.54, 1.807) is 12.3 Å². The molecule has 1 rings (SSSR count). The van der Waals surface area contributed by atoms with E-state index in [4.69, 9.17) is 0 Å². The Morgan fingerprint density at radius 1 is 1.53 bits per heavy atom. The number of hydrogen-bond donors (Lipinski definition) is 0. The van der Waals surface area contributed by atoms with Crippen molar-refractivity contribution in [1.29, 1.82) is 0 Å². The van der Waals surface area contributed by atoms with Crippen molar-refractivity contribution in [2.75, 3.05) is 13.1 Å². The summed E-state index contributed by atoms with van der Waals surface area (Å²) in [7, 11) is 0. The van der Waals surface area contributed by atoms with Gasteiger partial charge >= 0.3 is 0 Å². The van der Waals surface area contributed by atoms with Crippen LogP contribution in [0, 0.1) is 10.1 Å². The number of nitro groups is 1. The Morgan fingerprint density at radius 3 is 2.73 bits per heavy atom. The lowest BCUT2D eigenvalue weighted by atomic mass is 10.2. The van der Waals surface area contributed by atoms with Crippen molar-refractivity contribution in [3.63, 3.8) is 0 Å². The fourth-order valence-electron chi connectivity index (χ4n) is 1.46. The molecule has 0 aromatic heterocycles. The summed E-state index contributed by atoms with van der Waals surface area (Å²) in [5.41, 5.74) is 0.189. The molecule has 0 aromatic carbocycles. The zero-order chi connectivity index (χ0) is 11.3. The second-order valence-electron chi connectivity index (χ2n) is 3.15. The van der Waals surface area contributed by atoms with Gasteiger partial charge in [0.2, 0.25) is 0 Å². The summed E-state index contributed by atoms with van der Waals surface area (Å²) in [5.74, 6) is 0.761. The van der Waals surface area contributed by atoms with Gasteiger partial charge in [0, 0.05) is 25.4 Å². The molecule has 0 saturated heterocycles. The SMILES string of the molecule is CCN(CC)C1=NC=CC=C([N+](=O)[O-])C1. The minimum Gasteiger partial charge on any atom is -0.360 e. The Kier molecular flexibility index (Phi) is 4.03. The molecule has 0 atom stereocenters. The number of amidine groups is 1. The number of hydrogen-bond acceptors (Lipinski definition) is 4. The van der Waals surface area contributed by atoms with Gasteiger partial charge in [0.1, 0.15) is 5.84 Å². The van der Waals surface area contributed by atoms with Crippen molar-refractivity contribution in [1.82, 2.24) is 4.90 Å². The highest BCUT2D eigenvalue weighted by molar-refractivity contribution is 5.85. The summed E-state index contributed by atoms with van der Waals surface area (Å²) >= 11 is 0. The average Bonchev–Trinajstić information content (AvgIpc) is 2.45. The van der Waals surface area contributed by atoms with Crippen molar-refractivity contribution in [2.24, 2.45) is 4.99 Å². The first-order valence-corrected chi connectivity index (χ1v) is 5.00. The summed E-state index contributed by atoms with van der Waals surface area (Å²) in [6.45, 7) is 5.65. The largest absolute Gasteiger partial charge is 0.360 e. The van der Waals surface area contributed by atoms with E-state index in [2.05, 4.69) is 4.99 Å². The van der Waals surface area contributed by atoms with Gasteiger partial charge < -0.3 is 4.90 Å². The Balaban J connectivity index is 2.85. The molecule has 0 saturated carbocycles. The van der Waals surface area contributed by atoms with E-state index < -0.39 is 0 Å². The minimum atomic E-state index is -0.353. The predicted octanol–water partition coefficient (Wildman–Crippen LogP) is 1.80. The summed E-state index contributed by atoms with van der Waals surface area (Å²) in [5, 5.41) is 10.7. The highest BCUT2D eigenvalue weighted by Crippen LogP contribution is 2.11. The molecule has 1 heterocycles. The normalized spacial score (nSPS) is 15.3. The monoisotopic (exact) mass is 209 g/mol. The van der Waals surface area contributed by atoms with E-state index in [-0.39, 0.29) is 10.6 Å². The van der Waals surface area contributed by atoms with Gasteiger partial charge in [-0.05, 0) is 19.9 Å². The van der Waals surface area contributed by atoms with Gasteiger partial charge in [-0.25, -0.2) is 4.99 Å². The molecule has 0 unspecified atom stereocenters. The maximum absolute atomic E-state index is 10.7. The third kappa shape index (κ3) is 2.90.